The number of amides is 4. The van der Waals surface area contributed by atoms with Gasteiger partial charge in [-0.15, -0.1) is 0 Å². The van der Waals surface area contributed by atoms with Crippen LogP contribution in [0.3, 0.4) is 0 Å². The number of imide groups is 1. The molecule has 2 aromatic heterocycles. The summed E-state index contributed by atoms with van der Waals surface area (Å²) in [6, 6.07) is 4.89. The first-order valence-electron chi connectivity index (χ1n) is 7.01. The minimum atomic E-state index is -0.380. The lowest BCUT2D eigenvalue weighted by Gasteiger charge is -2.14. The number of hydrogen-bond acceptors (Lipinski definition) is 4. The van der Waals surface area contributed by atoms with Gasteiger partial charge >= 0.3 is 12.1 Å². The molecule has 2 aromatic rings. The number of imidazole rings is 1. The maximum absolute atomic E-state index is 11.9. The Balaban J connectivity index is 1.58. The highest BCUT2D eigenvalue weighted by Crippen LogP contribution is 2.13. The Morgan fingerprint density at radius 3 is 2.95 bits per heavy atom. The molecular formula is C14H16N6O2. The molecule has 8 nitrogen and oxygen atoms in total. The lowest BCUT2D eigenvalue weighted by Crippen LogP contribution is -2.42. The molecule has 4 amide bonds. The van der Waals surface area contributed by atoms with E-state index >= 15 is 0 Å². The van der Waals surface area contributed by atoms with Gasteiger partial charge in [-0.3, -0.25) is 4.98 Å². The second kappa shape index (κ2) is 6.25. The fraction of sp³-hybridized carbons (Fsp3) is 0.286. The molecular weight excluding hydrogens is 284 g/mol. The van der Waals surface area contributed by atoms with E-state index in [1.165, 1.54) is 0 Å². The molecule has 1 aliphatic heterocycles. The summed E-state index contributed by atoms with van der Waals surface area (Å²) in [6.45, 7) is 1.85. The molecule has 0 atom stereocenters. The summed E-state index contributed by atoms with van der Waals surface area (Å²) in [5.41, 5.74) is 0.776. The smallest absolute Gasteiger partial charge is 0.325 e. The number of nitrogens with zero attached hydrogens (tertiary/aromatic N) is 4. The van der Waals surface area contributed by atoms with Crippen molar-refractivity contribution in [2.75, 3.05) is 19.6 Å². The van der Waals surface area contributed by atoms with Gasteiger partial charge in [0.2, 0.25) is 0 Å². The SMILES string of the molecule is O=C1NCCN1C(=O)NCCn1ccnc1-c1ccccn1. The van der Waals surface area contributed by atoms with Gasteiger partial charge in [0.1, 0.15) is 5.69 Å². The van der Waals surface area contributed by atoms with Crippen molar-refractivity contribution < 1.29 is 9.59 Å². The Bertz CT molecular complexity index is 669. The Kier molecular flexibility index (Phi) is 3.99. The third-order valence-electron chi connectivity index (χ3n) is 3.34. The van der Waals surface area contributed by atoms with E-state index in [0.29, 0.717) is 26.2 Å². The summed E-state index contributed by atoms with van der Waals surface area (Å²) in [4.78, 5) is 32.9. The molecule has 0 unspecified atom stereocenters. The van der Waals surface area contributed by atoms with E-state index in [1.807, 2.05) is 29.0 Å². The van der Waals surface area contributed by atoms with Gasteiger partial charge < -0.3 is 15.2 Å². The first kappa shape index (κ1) is 14.1. The molecule has 8 heteroatoms. The lowest BCUT2D eigenvalue weighted by atomic mass is 10.3. The van der Waals surface area contributed by atoms with Crippen molar-refractivity contribution in [3.8, 4) is 11.5 Å². The predicted molar refractivity (Wildman–Crippen MR) is 79.0 cm³/mol. The summed E-state index contributed by atoms with van der Waals surface area (Å²) in [6.07, 6.45) is 5.24. The van der Waals surface area contributed by atoms with E-state index in [0.717, 1.165) is 16.4 Å². The van der Waals surface area contributed by atoms with Crippen LogP contribution in [0.4, 0.5) is 9.59 Å². The molecule has 0 radical (unpaired) electrons. The molecule has 0 spiro atoms. The molecule has 0 aliphatic carbocycles. The Morgan fingerprint density at radius 1 is 1.32 bits per heavy atom. The predicted octanol–water partition coefficient (Wildman–Crippen LogP) is 0.680. The summed E-state index contributed by atoms with van der Waals surface area (Å²) in [5, 5.41) is 5.32. The summed E-state index contributed by atoms with van der Waals surface area (Å²) >= 11 is 0. The summed E-state index contributed by atoms with van der Waals surface area (Å²) in [5.74, 6) is 0.744. The minimum absolute atomic E-state index is 0.352. The average molecular weight is 300 g/mol. The van der Waals surface area contributed by atoms with E-state index < -0.39 is 0 Å². The van der Waals surface area contributed by atoms with Crippen molar-refractivity contribution in [2.45, 2.75) is 6.54 Å². The van der Waals surface area contributed by atoms with Crippen LogP contribution in [-0.2, 0) is 6.54 Å². The standard InChI is InChI=1S/C14H16N6O2/c21-13(20-10-7-18-14(20)22)17-6-9-19-8-5-16-12(19)11-3-1-2-4-15-11/h1-5,8H,6-7,9-10H2,(H,17,21)(H,18,22). The number of aromatic nitrogens is 3. The zero-order valence-corrected chi connectivity index (χ0v) is 11.9. The number of carbonyl (C=O) groups is 2. The van der Waals surface area contributed by atoms with E-state index in [4.69, 9.17) is 0 Å². The summed E-state index contributed by atoms with van der Waals surface area (Å²) < 4.78 is 1.91. The molecule has 114 valence electrons. The Morgan fingerprint density at radius 2 is 2.23 bits per heavy atom. The van der Waals surface area contributed by atoms with Crippen molar-refractivity contribution in [1.82, 2.24) is 30.1 Å². The molecule has 1 fully saturated rings. The number of urea groups is 2. The second-order valence-electron chi connectivity index (χ2n) is 4.77. The van der Waals surface area contributed by atoms with Gasteiger partial charge in [-0.1, -0.05) is 6.07 Å². The van der Waals surface area contributed by atoms with Crippen molar-refractivity contribution in [1.29, 1.82) is 0 Å². The lowest BCUT2D eigenvalue weighted by molar-refractivity contribution is 0.198. The molecule has 3 rings (SSSR count). The van der Waals surface area contributed by atoms with Crippen molar-refractivity contribution >= 4 is 12.1 Å². The molecule has 1 saturated heterocycles. The molecule has 22 heavy (non-hydrogen) atoms. The van der Waals surface area contributed by atoms with Crippen LogP contribution in [0, 0.1) is 0 Å². The van der Waals surface area contributed by atoms with Gasteiger partial charge in [0, 0.05) is 44.8 Å². The number of hydrogen-bond donors (Lipinski definition) is 2. The average Bonchev–Trinajstić information content (AvgIpc) is 3.17. The molecule has 2 N–H and O–H groups in total. The van der Waals surface area contributed by atoms with Crippen LogP contribution in [0.2, 0.25) is 0 Å². The van der Waals surface area contributed by atoms with Crippen LogP contribution in [0.15, 0.2) is 36.8 Å². The van der Waals surface area contributed by atoms with Gasteiger partial charge in [0.15, 0.2) is 5.82 Å². The highest BCUT2D eigenvalue weighted by molar-refractivity contribution is 5.94. The monoisotopic (exact) mass is 300 g/mol. The third-order valence-corrected chi connectivity index (χ3v) is 3.34. The first-order valence-corrected chi connectivity index (χ1v) is 7.01. The maximum Gasteiger partial charge on any atom is 0.325 e. The fourth-order valence-electron chi connectivity index (χ4n) is 2.26. The highest BCUT2D eigenvalue weighted by atomic mass is 16.2. The number of rotatable bonds is 4. The zero-order valence-electron chi connectivity index (χ0n) is 11.9. The van der Waals surface area contributed by atoms with Crippen LogP contribution in [-0.4, -0.2) is 51.1 Å². The van der Waals surface area contributed by atoms with E-state index in [-0.39, 0.29) is 12.1 Å². The maximum atomic E-state index is 11.9. The first-order chi connectivity index (χ1) is 10.8. The quantitative estimate of drug-likeness (QED) is 0.868. The van der Waals surface area contributed by atoms with E-state index in [2.05, 4.69) is 20.6 Å². The summed E-state index contributed by atoms with van der Waals surface area (Å²) in [7, 11) is 0. The van der Waals surface area contributed by atoms with Crippen LogP contribution < -0.4 is 10.6 Å². The van der Waals surface area contributed by atoms with Crippen LogP contribution in [0.5, 0.6) is 0 Å². The van der Waals surface area contributed by atoms with Gasteiger partial charge in [-0.05, 0) is 12.1 Å². The number of nitrogens with one attached hydrogen (secondary N) is 2. The van der Waals surface area contributed by atoms with Gasteiger partial charge in [-0.2, -0.15) is 0 Å². The Labute approximate surface area is 127 Å². The molecule has 3 heterocycles. The molecule has 0 bridgehead atoms. The molecule has 0 aromatic carbocycles. The van der Waals surface area contributed by atoms with Crippen LogP contribution >= 0.6 is 0 Å². The van der Waals surface area contributed by atoms with Crippen LogP contribution in [0.25, 0.3) is 11.5 Å². The van der Waals surface area contributed by atoms with Gasteiger partial charge in [0.05, 0.1) is 0 Å². The number of pyridine rings is 1. The molecule has 0 saturated carbocycles. The largest absolute Gasteiger partial charge is 0.336 e. The van der Waals surface area contributed by atoms with Crippen molar-refractivity contribution in [3.05, 3.63) is 36.8 Å². The topological polar surface area (TPSA) is 92.2 Å². The Hall–Kier alpha value is -2.90. The van der Waals surface area contributed by atoms with Gasteiger partial charge in [-0.25, -0.2) is 19.5 Å². The third kappa shape index (κ3) is 2.90. The van der Waals surface area contributed by atoms with E-state index in [9.17, 15) is 9.59 Å². The fourth-order valence-corrected chi connectivity index (χ4v) is 2.26. The number of carbonyl (C=O) groups excluding carboxylic acids is 2. The molecule has 1 aliphatic rings. The highest BCUT2D eigenvalue weighted by Gasteiger charge is 2.25. The van der Waals surface area contributed by atoms with E-state index in [1.54, 1.807) is 12.4 Å². The zero-order chi connectivity index (χ0) is 15.4. The van der Waals surface area contributed by atoms with Crippen molar-refractivity contribution in [3.63, 3.8) is 0 Å². The van der Waals surface area contributed by atoms with Gasteiger partial charge in [0.25, 0.3) is 0 Å². The minimum Gasteiger partial charge on any atom is -0.336 e. The second-order valence-corrected chi connectivity index (χ2v) is 4.77. The van der Waals surface area contributed by atoms with Crippen molar-refractivity contribution in [2.24, 2.45) is 0 Å². The van der Waals surface area contributed by atoms with Crippen LogP contribution in [0.1, 0.15) is 0 Å². The normalized spacial score (nSPS) is 14.0.